The number of fused-ring (bicyclic) bond motifs is 1. The minimum absolute atomic E-state index is 0.171. The zero-order valence-electron chi connectivity index (χ0n) is 12.5. The van der Waals surface area contributed by atoms with Crippen LogP contribution in [0.1, 0.15) is 26.7 Å². The summed E-state index contributed by atoms with van der Waals surface area (Å²) in [6.07, 6.45) is 0.463. The molecule has 22 heavy (non-hydrogen) atoms. The van der Waals surface area contributed by atoms with E-state index in [1.807, 2.05) is 0 Å². The molecule has 2 rings (SSSR count). The summed E-state index contributed by atoms with van der Waals surface area (Å²) < 4.78 is 20.7. The molecule has 1 amide bonds. The van der Waals surface area contributed by atoms with Gasteiger partial charge in [-0.15, -0.1) is 0 Å². The molecular formula is C15H17FN2O3S. The zero-order valence-corrected chi connectivity index (χ0v) is 13.3. The smallest absolute Gasteiger partial charge is 0.307 e. The number of amides is 1. The molecule has 0 saturated heterocycles. The molecule has 0 aliphatic rings. The fourth-order valence-corrected chi connectivity index (χ4v) is 3.07. The Morgan fingerprint density at radius 2 is 2.14 bits per heavy atom. The number of aromatic nitrogens is 1. The number of ether oxygens (including phenoxy) is 1. The highest BCUT2D eigenvalue weighted by molar-refractivity contribution is 7.16. The predicted molar refractivity (Wildman–Crippen MR) is 81.9 cm³/mol. The van der Waals surface area contributed by atoms with Crippen molar-refractivity contribution >= 4 is 33.4 Å². The van der Waals surface area contributed by atoms with Crippen molar-refractivity contribution in [1.29, 1.82) is 0 Å². The Kier molecular flexibility index (Phi) is 5.43. The molecule has 0 unspecified atom stereocenters. The van der Waals surface area contributed by atoms with Crippen LogP contribution in [-0.4, -0.2) is 23.1 Å². The van der Waals surface area contributed by atoms with Gasteiger partial charge in [-0.1, -0.05) is 18.3 Å². The van der Waals surface area contributed by atoms with Gasteiger partial charge in [0.05, 0.1) is 23.2 Å². The van der Waals surface area contributed by atoms with E-state index in [9.17, 15) is 14.0 Å². The second-order valence-electron chi connectivity index (χ2n) is 4.56. The SMILES string of the molecule is CCOC(=O)CCn1c(=NC(=O)CC)sc2cc(F)ccc21. The molecule has 118 valence electrons. The highest BCUT2D eigenvalue weighted by Crippen LogP contribution is 2.19. The van der Waals surface area contributed by atoms with E-state index in [2.05, 4.69) is 4.99 Å². The van der Waals surface area contributed by atoms with E-state index in [0.717, 1.165) is 5.52 Å². The van der Waals surface area contributed by atoms with Crippen LogP contribution in [0, 0.1) is 5.82 Å². The molecular weight excluding hydrogens is 307 g/mol. The second-order valence-corrected chi connectivity index (χ2v) is 5.57. The average Bonchev–Trinajstić information content (AvgIpc) is 2.81. The number of hydrogen-bond donors (Lipinski definition) is 0. The Bertz CT molecular complexity index is 764. The molecule has 0 fully saturated rings. The topological polar surface area (TPSA) is 60.7 Å². The lowest BCUT2D eigenvalue weighted by atomic mass is 10.3. The summed E-state index contributed by atoms with van der Waals surface area (Å²) >= 11 is 1.23. The van der Waals surface area contributed by atoms with Crippen LogP contribution >= 0.6 is 11.3 Å². The molecule has 1 heterocycles. The van der Waals surface area contributed by atoms with Gasteiger partial charge in [-0.2, -0.15) is 4.99 Å². The van der Waals surface area contributed by atoms with Crippen molar-refractivity contribution in [2.45, 2.75) is 33.2 Å². The Labute approximate surface area is 131 Å². The third kappa shape index (κ3) is 3.79. The summed E-state index contributed by atoms with van der Waals surface area (Å²) in [5, 5.41) is 0. The van der Waals surface area contributed by atoms with E-state index in [-0.39, 0.29) is 24.1 Å². The van der Waals surface area contributed by atoms with Crippen LogP contribution < -0.4 is 4.80 Å². The third-order valence-corrected chi connectivity index (χ3v) is 4.05. The molecule has 1 aromatic heterocycles. The van der Waals surface area contributed by atoms with E-state index in [1.165, 1.54) is 23.5 Å². The van der Waals surface area contributed by atoms with Gasteiger partial charge < -0.3 is 9.30 Å². The number of rotatable bonds is 5. The highest BCUT2D eigenvalue weighted by Gasteiger charge is 2.10. The lowest BCUT2D eigenvalue weighted by Crippen LogP contribution is -2.19. The molecule has 0 atom stereocenters. The van der Waals surface area contributed by atoms with Gasteiger partial charge in [0.25, 0.3) is 0 Å². The summed E-state index contributed by atoms with van der Waals surface area (Å²) in [5.41, 5.74) is 0.748. The van der Waals surface area contributed by atoms with Crippen molar-refractivity contribution in [3.63, 3.8) is 0 Å². The van der Waals surface area contributed by atoms with Crippen molar-refractivity contribution in [3.8, 4) is 0 Å². The van der Waals surface area contributed by atoms with Gasteiger partial charge in [0.2, 0.25) is 5.91 Å². The number of esters is 1. The predicted octanol–water partition coefficient (Wildman–Crippen LogP) is 2.63. The van der Waals surface area contributed by atoms with Crippen molar-refractivity contribution in [2.75, 3.05) is 6.61 Å². The maximum Gasteiger partial charge on any atom is 0.307 e. The third-order valence-electron chi connectivity index (χ3n) is 3.01. The van der Waals surface area contributed by atoms with Crippen molar-refractivity contribution in [3.05, 3.63) is 28.8 Å². The normalized spacial score (nSPS) is 11.9. The minimum atomic E-state index is -0.348. The van der Waals surface area contributed by atoms with Crippen LogP contribution in [0.25, 0.3) is 10.2 Å². The van der Waals surface area contributed by atoms with Crippen LogP contribution in [0.5, 0.6) is 0 Å². The molecule has 1 aromatic carbocycles. The van der Waals surface area contributed by atoms with Crippen molar-refractivity contribution in [2.24, 2.45) is 4.99 Å². The van der Waals surface area contributed by atoms with Crippen LogP contribution in [0.3, 0.4) is 0 Å². The molecule has 0 bridgehead atoms. The number of carbonyl (C=O) groups is 2. The Balaban J connectivity index is 2.44. The molecule has 0 saturated carbocycles. The van der Waals surface area contributed by atoms with E-state index >= 15 is 0 Å². The summed E-state index contributed by atoms with van der Waals surface area (Å²) in [6.45, 7) is 4.13. The van der Waals surface area contributed by atoms with Gasteiger partial charge in [-0.05, 0) is 25.1 Å². The van der Waals surface area contributed by atoms with Gasteiger partial charge in [0, 0.05) is 13.0 Å². The Morgan fingerprint density at radius 3 is 2.82 bits per heavy atom. The Morgan fingerprint density at radius 1 is 1.36 bits per heavy atom. The lowest BCUT2D eigenvalue weighted by molar-refractivity contribution is -0.143. The van der Waals surface area contributed by atoms with Crippen molar-refractivity contribution < 1.29 is 18.7 Å². The first-order chi connectivity index (χ1) is 10.5. The van der Waals surface area contributed by atoms with Gasteiger partial charge in [-0.25, -0.2) is 4.39 Å². The van der Waals surface area contributed by atoms with Gasteiger partial charge in [-0.3, -0.25) is 9.59 Å². The van der Waals surface area contributed by atoms with Gasteiger partial charge >= 0.3 is 5.97 Å². The van der Waals surface area contributed by atoms with E-state index in [4.69, 9.17) is 4.74 Å². The van der Waals surface area contributed by atoms with Crippen LogP contribution in [0.15, 0.2) is 23.2 Å². The molecule has 7 heteroatoms. The fraction of sp³-hybridized carbons (Fsp3) is 0.400. The number of nitrogens with zero attached hydrogens (tertiary/aromatic N) is 2. The van der Waals surface area contributed by atoms with Gasteiger partial charge in [0.1, 0.15) is 5.82 Å². The summed E-state index contributed by atoms with van der Waals surface area (Å²) in [6, 6.07) is 4.37. The maximum absolute atomic E-state index is 13.3. The van der Waals surface area contributed by atoms with E-state index < -0.39 is 0 Å². The number of benzene rings is 1. The average molecular weight is 324 g/mol. The van der Waals surface area contributed by atoms with Crippen molar-refractivity contribution in [1.82, 2.24) is 4.57 Å². The quantitative estimate of drug-likeness (QED) is 0.794. The first-order valence-corrected chi connectivity index (χ1v) is 7.88. The molecule has 5 nitrogen and oxygen atoms in total. The van der Waals surface area contributed by atoms with E-state index in [1.54, 1.807) is 24.5 Å². The summed E-state index contributed by atoms with van der Waals surface area (Å²) in [5.74, 6) is -0.916. The molecule has 0 aliphatic heterocycles. The number of thiazole rings is 1. The number of aryl methyl sites for hydroxylation is 1. The summed E-state index contributed by atoms with van der Waals surface area (Å²) in [7, 11) is 0. The molecule has 0 N–H and O–H groups in total. The molecule has 2 aromatic rings. The monoisotopic (exact) mass is 324 g/mol. The number of carbonyl (C=O) groups excluding carboxylic acids is 2. The Hall–Kier alpha value is -2.02. The zero-order chi connectivity index (χ0) is 16.1. The second kappa shape index (κ2) is 7.31. The molecule has 0 aliphatic carbocycles. The van der Waals surface area contributed by atoms with E-state index in [0.29, 0.717) is 29.1 Å². The largest absolute Gasteiger partial charge is 0.466 e. The maximum atomic E-state index is 13.3. The standard InChI is InChI=1S/C15H17FN2O3S/c1-3-13(19)17-15-18(8-7-14(20)21-4-2)11-6-5-10(16)9-12(11)22-15/h5-6,9H,3-4,7-8H2,1-2H3. The fourth-order valence-electron chi connectivity index (χ4n) is 1.97. The van der Waals surface area contributed by atoms with Crippen LogP contribution in [-0.2, 0) is 20.9 Å². The molecule has 0 radical (unpaired) electrons. The van der Waals surface area contributed by atoms with Gasteiger partial charge in [0.15, 0.2) is 4.80 Å². The lowest BCUT2D eigenvalue weighted by Gasteiger charge is -2.05. The number of halogens is 1. The van der Waals surface area contributed by atoms with Crippen LogP contribution in [0.4, 0.5) is 4.39 Å². The number of hydrogen-bond acceptors (Lipinski definition) is 4. The molecule has 0 spiro atoms. The minimum Gasteiger partial charge on any atom is -0.466 e. The first kappa shape index (κ1) is 16.4. The highest BCUT2D eigenvalue weighted by atomic mass is 32.1. The first-order valence-electron chi connectivity index (χ1n) is 7.07. The van der Waals surface area contributed by atoms with Crippen LogP contribution in [0.2, 0.25) is 0 Å². The summed E-state index contributed by atoms with van der Waals surface area (Å²) in [4.78, 5) is 27.6.